The Hall–Kier alpha value is -2.82. The van der Waals surface area contributed by atoms with Crippen molar-refractivity contribution in [3.05, 3.63) is 59.7 Å². The minimum absolute atomic E-state index is 0.0461. The highest BCUT2D eigenvalue weighted by Crippen LogP contribution is 2.28. The van der Waals surface area contributed by atoms with Crippen LogP contribution in [0.25, 0.3) is 0 Å². The fraction of sp³-hybridized carbons (Fsp3) is 0.125. The van der Waals surface area contributed by atoms with Crippen LogP contribution < -0.4 is 10.1 Å². The van der Waals surface area contributed by atoms with E-state index in [4.69, 9.17) is 9.47 Å². The summed E-state index contributed by atoms with van der Waals surface area (Å²) >= 11 is 0. The minimum atomic E-state index is -0.429. The maximum atomic E-state index is 12.0. The molecule has 0 saturated heterocycles. The van der Waals surface area contributed by atoms with E-state index >= 15 is 0 Å². The quantitative estimate of drug-likeness (QED) is 0.878. The summed E-state index contributed by atoms with van der Waals surface area (Å²) in [5, 5.41) is 2.67. The van der Waals surface area contributed by atoms with Crippen molar-refractivity contribution in [2.75, 3.05) is 11.9 Å². The molecule has 5 nitrogen and oxygen atoms in total. The number of carbonyl (C=O) groups is 2. The molecular weight excluding hydrogens is 270 g/mol. The van der Waals surface area contributed by atoms with E-state index in [2.05, 4.69) is 5.32 Å². The molecule has 2 aromatic carbocycles. The van der Waals surface area contributed by atoms with Gasteiger partial charge in [-0.2, -0.15) is 0 Å². The average molecular weight is 283 g/mol. The Labute approximate surface area is 121 Å². The Morgan fingerprint density at radius 3 is 2.81 bits per heavy atom. The first-order valence-electron chi connectivity index (χ1n) is 6.50. The lowest BCUT2D eigenvalue weighted by atomic mass is 10.1. The number of esters is 1. The van der Waals surface area contributed by atoms with Gasteiger partial charge in [0.1, 0.15) is 12.4 Å². The smallest absolute Gasteiger partial charge is 0.338 e. The first-order chi connectivity index (χ1) is 10.2. The van der Waals surface area contributed by atoms with E-state index in [1.165, 1.54) is 0 Å². The lowest BCUT2D eigenvalue weighted by Gasteiger charge is -2.18. The van der Waals surface area contributed by atoms with E-state index in [0.717, 1.165) is 5.56 Å². The molecule has 0 aliphatic carbocycles. The molecule has 1 amide bonds. The molecule has 1 aliphatic rings. The van der Waals surface area contributed by atoms with Gasteiger partial charge in [0, 0.05) is 0 Å². The topological polar surface area (TPSA) is 64.6 Å². The first kappa shape index (κ1) is 13.2. The number of hydrogen-bond acceptors (Lipinski definition) is 4. The molecule has 3 rings (SSSR count). The zero-order chi connectivity index (χ0) is 14.7. The van der Waals surface area contributed by atoms with Crippen molar-refractivity contribution in [3.8, 4) is 5.75 Å². The van der Waals surface area contributed by atoms with E-state index in [0.29, 0.717) is 17.0 Å². The number of hydrogen-bond donors (Lipinski definition) is 1. The number of carbonyl (C=O) groups excluding carboxylic acids is 2. The van der Waals surface area contributed by atoms with E-state index in [1.54, 1.807) is 18.2 Å². The third-order valence-electron chi connectivity index (χ3n) is 3.06. The van der Waals surface area contributed by atoms with Crippen LogP contribution in [0.5, 0.6) is 5.75 Å². The van der Waals surface area contributed by atoms with Gasteiger partial charge < -0.3 is 14.8 Å². The zero-order valence-electron chi connectivity index (χ0n) is 11.2. The Kier molecular flexibility index (Phi) is 3.55. The Morgan fingerprint density at radius 2 is 2.00 bits per heavy atom. The average Bonchev–Trinajstić information content (AvgIpc) is 2.53. The molecule has 0 bridgehead atoms. The number of fused-ring (bicyclic) bond motifs is 1. The summed E-state index contributed by atoms with van der Waals surface area (Å²) in [6.07, 6.45) is 0. The van der Waals surface area contributed by atoms with Gasteiger partial charge in [-0.05, 0) is 23.8 Å². The molecule has 2 aromatic rings. The standard InChI is InChI=1S/C16H13NO4/c18-15-10-20-14-8-12(6-7-13(14)17-15)16(19)21-9-11-4-2-1-3-5-11/h1-8H,9-10H2,(H,17,18). The van der Waals surface area contributed by atoms with E-state index in [-0.39, 0.29) is 19.1 Å². The molecule has 0 fully saturated rings. The summed E-state index contributed by atoms with van der Waals surface area (Å²) in [6, 6.07) is 14.3. The highest BCUT2D eigenvalue weighted by molar-refractivity contribution is 5.97. The highest BCUT2D eigenvalue weighted by atomic mass is 16.5. The number of amides is 1. The number of nitrogens with one attached hydrogen (secondary N) is 1. The fourth-order valence-electron chi connectivity index (χ4n) is 2.01. The lowest BCUT2D eigenvalue weighted by molar-refractivity contribution is -0.118. The molecule has 1 aliphatic heterocycles. The predicted octanol–water partition coefficient (Wildman–Crippen LogP) is 2.37. The van der Waals surface area contributed by atoms with Gasteiger partial charge >= 0.3 is 5.97 Å². The van der Waals surface area contributed by atoms with Gasteiger partial charge in [-0.15, -0.1) is 0 Å². The van der Waals surface area contributed by atoms with Crippen LogP contribution in [0.1, 0.15) is 15.9 Å². The first-order valence-corrected chi connectivity index (χ1v) is 6.50. The lowest BCUT2D eigenvalue weighted by Crippen LogP contribution is -2.25. The molecular formula is C16H13NO4. The summed E-state index contributed by atoms with van der Waals surface area (Å²) in [5.41, 5.74) is 1.87. The van der Waals surface area contributed by atoms with Gasteiger partial charge in [0.2, 0.25) is 0 Å². The van der Waals surface area contributed by atoms with Crippen LogP contribution in [0, 0.1) is 0 Å². The number of rotatable bonds is 3. The van der Waals surface area contributed by atoms with Gasteiger partial charge in [0.15, 0.2) is 6.61 Å². The molecule has 0 saturated carbocycles. The molecule has 1 N–H and O–H groups in total. The second kappa shape index (κ2) is 5.66. The van der Waals surface area contributed by atoms with Crippen molar-refractivity contribution in [1.82, 2.24) is 0 Å². The van der Waals surface area contributed by atoms with Crippen molar-refractivity contribution in [2.24, 2.45) is 0 Å². The van der Waals surface area contributed by atoms with Crippen LogP contribution in [0.2, 0.25) is 0 Å². The fourth-order valence-corrected chi connectivity index (χ4v) is 2.01. The molecule has 0 atom stereocenters. The number of benzene rings is 2. The Balaban J connectivity index is 1.69. The van der Waals surface area contributed by atoms with Crippen molar-refractivity contribution < 1.29 is 19.1 Å². The second-order valence-electron chi connectivity index (χ2n) is 4.61. The Morgan fingerprint density at radius 1 is 1.19 bits per heavy atom. The molecule has 0 radical (unpaired) electrons. The van der Waals surface area contributed by atoms with Crippen molar-refractivity contribution in [2.45, 2.75) is 6.61 Å². The largest absolute Gasteiger partial charge is 0.482 e. The monoisotopic (exact) mass is 283 g/mol. The van der Waals surface area contributed by atoms with Crippen LogP contribution in [0.15, 0.2) is 48.5 Å². The van der Waals surface area contributed by atoms with Crippen LogP contribution in [-0.4, -0.2) is 18.5 Å². The normalized spacial score (nSPS) is 12.9. The van der Waals surface area contributed by atoms with Crippen molar-refractivity contribution in [3.63, 3.8) is 0 Å². The van der Waals surface area contributed by atoms with Gasteiger partial charge in [-0.1, -0.05) is 30.3 Å². The van der Waals surface area contributed by atoms with Gasteiger partial charge in [-0.3, -0.25) is 4.79 Å². The molecule has 0 aromatic heterocycles. The summed E-state index contributed by atoms with van der Waals surface area (Å²) in [6.45, 7) is 0.171. The third-order valence-corrected chi connectivity index (χ3v) is 3.06. The predicted molar refractivity (Wildman–Crippen MR) is 76.1 cm³/mol. The maximum absolute atomic E-state index is 12.0. The third kappa shape index (κ3) is 3.02. The van der Waals surface area contributed by atoms with E-state index in [1.807, 2.05) is 30.3 Å². The molecule has 0 spiro atoms. The summed E-state index contributed by atoms with van der Waals surface area (Å²) in [7, 11) is 0. The maximum Gasteiger partial charge on any atom is 0.338 e. The minimum Gasteiger partial charge on any atom is -0.482 e. The van der Waals surface area contributed by atoms with E-state index < -0.39 is 5.97 Å². The van der Waals surface area contributed by atoms with Crippen molar-refractivity contribution >= 4 is 17.6 Å². The molecule has 106 valence electrons. The number of anilines is 1. The second-order valence-corrected chi connectivity index (χ2v) is 4.61. The van der Waals surface area contributed by atoms with Crippen LogP contribution >= 0.6 is 0 Å². The van der Waals surface area contributed by atoms with Gasteiger partial charge in [-0.25, -0.2) is 4.79 Å². The molecule has 1 heterocycles. The molecule has 0 unspecified atom stereocenters. The van der Waals surface area contributed by atoms with Gasteiger partial charge in [0.25, 0.3) is 5.91 Å². The highest BCUT2D eigenvalue weighted by Gasteiger charge is 2.18. The van der Waals surface area contributed by atoms with Crippen LogP contribution in [0.4, 0.5) is 5.69 Å². The van der Waals surface area contributed by atoms with Gasteiger partial charge in [0.05, 0.1) is 11.3 Å². The number of ether oxygens (including phenoxy) is 2. The molecule has 21 heavy (non-hydrogen) atoms. The summed E-state index contributed by atoms with van der Waals surface area (Å²) < 4.78 is 10.5. The summed E-state index contributed by atoms with van der Waals surface area (Å²) in [5.74, 6) is -0.159. The van der Waals surface area contributed by atoms with E-state index in [9.17, 15) is 9.59 Å². The van der Waals surface area contributed by atoms with Crippen molar-refractivity contribution in [1.29, 1.82) is 0 Å². The molecule has 5 heteroatoms. The summed E-state index contributed by atoms with van der Waals surface area (Å²) in [4.78, 5) is 23.2. The van der Waals surface area contributed by atoms with Crippen LogP contribution in [-0.2, 0) is 16.1 Å². The SMILES string of the molecule is O=C1COc2cc(C(=O)OCc3ccccc3)ccc2N1. The Bertz CT molecular complexity index is 682. The van der Waals surface area contributed by atoms with Crippen LogP contribution in [0.3, 0.4) is 0 Å². The zero-order valence-corrected chi connectivity index (χ0v) is 11.2.